The molecule has 0 aliphatic rings. The van der Waals surface area contributed by atoms with E-state index in [1.807, 2.05) is 20.9 Å². The number of thiazole rings is 1. The molecule has 6 nitrogen and oxygen atoms in total. The molecule has 2 aromatic heterocycles. The molecular weight excluding hydrogens is 262 g/mol. The lowest BCUT2D eigenvalue weighted by molar-refractivity contribution is 0.102. The number of nitrogens with two attached hydrogens (primary N) is 1. The zero-order valence-corrected chi connectivity index (χ0v) is 12.0. The van der Waals surface area contributed by atoms with Crippen LogP contribution in [-0.2, 0) is 13.5 Å². The normalized spacial score (nSPS) is 10.7. The van der Waals surface area contributed by atoms with Gasteiger partial charge in [-0.3, -0.25) is 9.48 Å². The topological polar surface area (TPSA) is 85.8 Å². The monoisotopic (exact) mass is 279 g/mol. The number of nitrogens with one attached hydrogen (secondary N) is 1. The number of nitrogens with zero attached hydrogens (tertiary/aromatic N) is 3. The molecule has 2 aromatic rings. The van der Waals surface area contributed by atoms with Crippen molar-refractivity contribution >= 4 is 22.9 Å². The van der Waals surface area contributed by atoms with Crippen LogP contribution in [-0.4, -0.2) is 27.2 Å². The second-order valence-corrected chi connectivity index (χ2v) is 5.23. The zero-order valence-electron chi connectivity index (χ0n) is 11.2. The van der Waals surface area contributed by atoms with Gasteiger partial charge in [-0.25, -0.2) is 4.98 Å². The molecule has 2 heterocycles. The van der Waals surface area contributed by atoms with Gasteiger partial charge in [0.25, 0.3) is 5.91 Å². The lowest BCUT2D eigenvalue weighted by Gasteiger charge is -2.03. The third kappa shape index (κ3) is 2.82. The van der Waals surface area contributed by atoms with E-state index in [0.29, 0.717) is 18.7 Å². The van der Waals surface area contributed by atoms with E-state index in [0.717, 1.165) is 22.1 Å². The number of aryl methyl sites for hydroxylation is 2. The highest BCUT2D eigenvalue weighted by molar-refractivity contribution is 7.09. The average molecular weight is 279 g/mol. The van der Waals surface area contributed by atoms with Gasteiger partial charge < -0.3 is 11.1 Å². The number of carbonyl (C=O) groups is 1. The molecule has 102 valence electrons. The first-order chi connectivity index (χ1) is 9.02. The van der Waals surface area contributed by atoms with E-state index in [1.54, 1.807) is 10.1 Å². The van der Waals surface area contributed by atoms with Crippen molar-refractivity contribution in [2.24, 2.45) is 12.8 Å². The number of hydrogen-bond donors (Lipinski definition) is 2. The Balaban J connectivity index is 2.16. The predicted molar refractivity (Wildman–Crippen MR) is 75.5 cm³/mol. The van der Waals surface area contributed by atoms with Crippen LogP contribution in [0.5, 0.6) is 0 Å². The van der Waals surface area contributed by atoms with Crippen LogP contribution < -0.4 is 11.1 Å². The molecule has 0 unspecified atom stereocenters. The number of rotatable bonds is 4. The van der Waals surface area contributed by atoms with Crippen LogP contribution in [0.1, 0.15) is 26.9 Å². The molecule has 0 saturated carbocycles. The summed E-state index contributed by atoms with van der Waals surface area (Å²) in [5.74, 6) is -0.210. The molecule has 19 heavy (non-hydrogen) atoms. The molecule has 7 heteroatoms. The van der Waals surface area contributed by atoms with Gasteiger partial charge in [-0.2, -0.15) is 5.10 Å². The van der Waals surface area contributed by atoms with Crippen LogP contribution in [0.3, 0.4) is 0 Å². The van der Waals surface area contributed by atoms with Crippen molar-refractivity contribution in [3.05, 3.63) is 27.5 Å². The molecule has 0 aromatic carbocycles. The Bertz CT molecular complexity index is 601. The van der Waals surface area contributed by atoms with E-state index in [-0.39, 0.29) is 5.91 Å². The van der Waals surface area contributed by atoms with Crippen LogP contribution in [0.4, 0.5) is 5.69 Å². The Hall–Kier alpha value is -1.73. The van der Waals surface area contributed by atoms with E-state index in [9.17, 15) is 4.79 Å². The minimum Gasteiger partial charge on any atom is -0.330 e. The van der Waals surface area contributed by atoms with Gasteiger partial charge in [0.15, 0.2) is 0 Å². The van der Waals surface area contributed by atoms with Gasteiger partial charge in [0.1, 0.15) is 5.69 Å². The fourth-order valence-electron chi connectivity index (χ4n) is 1.79. The van der Waals surface area contributed by atoms with Gasteiger partial charge in [-0.1, -0.05) is 0 Å². The van der Waals surface area contributed by atoms with Crippen molar-refractivity contribution < 1.29 is 4.79 Å². The van der Waals surface area contributed by atoms with Crippen molar-refractivity contribution in [2.75, 3.05) is 11.9 Å². The van der Waals surface area contributed by atoms with Crippen LogP contribution in [0.15, 0.2) is 5.38 Å². The Morgan fingerprint density at radius 3 is 2.84 bits per heavy atom. The highest BCUT2D eigenvalue weighted by Crippen LogP contribution is 2.19. The van der Waals surface area contributed by atoms with Gasteiger partial charge in [-0.05, 0) is 20.4 Å². The molecule has 0 bridgehead atoms. The van der Waals surface area contributed by atoms with Crippen LogP contribution >= 0.6 is 11.3 Å². The van der Waals surface area contributed by atoms with Crippen LogP contribution in [0.2, 0.25) is 0 Å². The van der Waals surface area contributed by atoms with Crippen LogP contribution in [0, 0.1) is 13.8 Å². The van der Waals surface area contributed by atoms with Crippen molar-refractivity contribution in [3.63, 3.8) is 0 Å². The van der Waals surface area contributed by atoms with E-state index < -0.39 is 0 Å². The van der Waals surface area contributed by atoms with Gasteiger partial charge in [0, 0.05) is 18.8 Å². The molecule has 0 saturated heterocycles. The first kappa shape index (κ1) is 13.7. The molecule has 0 radical (unpaired) electrons. The molecule has 3 N–H and O–H groups in total. The first-order valence-corrected chi connectivity index (χ1v) is 6.87. The third-order valence-electron chi connectivity index (χ3n) is 2.89. The maximum Gasteiger partial charge on any atom is 0.275 e. The second-order valence-electron chi connectivity index (χ2n) is 4.29. The first-order valence-electron chi connectivity index (χ1n) is 5.99. The predicted octanol–water partition coefficient (Wildman–Crippen LogP) is 1.25. The average Bonchev–Trinajstić information content (AvgIpc) is 2.91. The lowest BCUT2D eigenvalue weighted by atomic mass is 10.3. The molecule has 1 amide bonds. The second kappa shape index (κ2) is 5.50. The summed E-state index contributed by atoms with van der Waals surface area (Å²) in [6, 6.07) is 0. The van der Waals surface area contributed by atoms with E-state index in [1.165, 1.54) is 11.3 Å². The van der Waals surface area contributed by atoms with E-state index >= 15 is 0 Å². The maximum absolute atomic E-state index is 12.1. The quantitative estimate of drug-likeness (QED) is 0.882. The number of carbonyl (C=O) groups excluding carboxylic acids is 1. The third-order valence-corrected chi connectivity index (χ3v) is 3.80. The van der Waals surface area contributed by atoms with Crippen molar-refractivity contribution in [1.29, 1.82) is 0 Å². The number of amides is 1. The van der Waals surface area contributed by atoms with Gasteiger partial charge in [-0.15, -0.1) is 11.3 Å². The fraction of sp³-hybridized carbons (Fsp3) is 0.417. The highest BCUT2D eigenvalue weighted by atomic mass is 32.1. The smallest absolute Gasteiger partial charge is 0.275 e. The molecule has 0 spiro atoms. The van der Waals surface area contributed by atoms with Crippen molar-refractivity contribution in [2.45, 2.75) is 20.3 Å². The summed E-state index contributed by atoms with van der Waals surface area (Å²) in [7, 11) is 1.85. The Morgan fingerprint density at radius 1 is 1.53 bits per heavy atom. The largest absolute Gasteiger partial charge is 0.330 e. The van der Waals surface area contributed by atoms with Crippen molar-refractivity contribution in [1.82, 2.24) is 14.8 Å². The summed E-state index contributed by atoms with van der Waals surface area (Å²) in [6.45, 7) is 4.31. The maximum atomic E-state index is 12.1. The molecule has 0 aliphatic carbocycles. The van der Waals surface area contributed by atoms with Crippen LogP contribution in [0.25, 0.3) is 0 Å². The van der Waals surface area contributed by atoms with E-state index in [4.69, 9.17) is 5.73 Å². The standard InChI is InChI=1S/C12H17N5OS/c1-7-11(8(2)17(3)16-7)15-12(18)9-6-19-10(14-9)4-5-13/h6H,4-5,13H2,1-3H3,(H,15,18). The highest BCUT2D eigenvalue weighted by Gasteiger charge is 2.15. The Labute approximate surface area is 115 Å². The summed E-state index contributed by atoms with van der Waals surface area (Å²) >= 11 is 1.45. The molecule has 0 atom stereocenters. The van der Waals surface area contributed by atoms with E-state index in [2.05, 4.69) is 15.4 Å². The van der Waals surface area contributed by atoms with Gasteiger partial charge >= 0.3 is 0 Å². The zero-order chi connectivity index (χ0) is 14.0. The number of aromatic nitrogens is 3. The molecule has 0 fully saturated rings. The fourth-order valence-corrected chi connectivity index (χ4v) is 2.58. The Kier molecular flexibility index (Phi) is 3.96. The van der Waals surface area contributed by atoms with Gasteiger partial charge in [0.2, 0.25) is 0 Å². The van der Waals surface area contributed by atoms with Crippen molar-refractivity contribution in [3.8, 4) is 0 Å². The summed E-state index contributed by atoms with van der Waals surface area (Å²) < 4.78 is 1.74. The molecule has 2 rings (SSSR count). The number of anilines is 1. The van der Waals surface area contributed by atoms with Gasteiger partial charge in [0.05, 0.1) is 22.1 Å². The summed E-state index contributed by atoms with van der Waals surface area (Å²) in [4.78, 5) is 16.4. The SMILES string of the molecule is Cc1nn(C)c(C)c1NC(=O)c1csc(CCN)n1. The summed E-state index contributed by atoms with van der Waals surface area (Å²) in [5, 5.41) is 9.75. The molecular formula is C12H17N5OS. The minimum absolute atomic E-state index is 0.210. The Morgan fingerprint density at radius 2 is 2.26 bits per heavy atom. The minimum atomic E-state index is -0.210. The lowest BCUT2D eigenvalue weighted by Crippen LogP contribution is -2.14. The summed E-state index contributed by atoms with van der Waals surface area (Å²) in [5.41, 5.74) is 8.36. The summed E-state index contributed by atoms with van der Waals surface area (Å²) in [6.07, 6.45) is 0.697. The number of hydrogen-bond acceptors (Lipinski definition) is 5. The molecule has 0 aliphatic heterocycles.